The number of rotatable bonds is 7. The van der Waals surface area contributed by atoms with Gasteiger partial charge >= 0.3 is 0 Å². The van der Waals surface area contributed by atoms with Gasteiger partial charge in [0, 0.05) is 51.1 Å². The molecule has 152 valence electrons. The number of anilines is 1. The second kappa shape index (κ2) is 8.87. The van der Waals surface area contributed by atoms with E-state index in [-0.39, 0.29) is 17.0 Å². The third kappa shape index (κ3) is 5.20. The van der Waals surface area contributed by atoms with E-state index in [1.165, 1.54) is 6.07 Å². The summed E-state index contributed by atoms with van der Waals surface area (Å²) < 4.78 is 39.3. The average Bonchev–Trinajstić information content (AvgIpc) is 3.15. The van der Waals surface area contributed by atoms with Gasteiger partial charge in [-0.3, -0.25) is 9.45 Å². The van der Waals surface area contributed by atoms with Crippen molar-refractivity contribution in [2.24, 2.45) is 0 Å². The van der Waals surface area contributed by atoms with Crippen LogP contribution in [0.25, 0.3) is 0 Å². The number of nitrogens with zero attached hydrogens (tertiary/aromatic N) is 2. The van der Waals surface area contributed by atoms with E-state index >= 15 is 0 Å². The molecule has 3 rings (SSSR count). The van der Waals surface area contributed by atoms with E-state index in [0.29, 0.717) is 12.1 Å². The molecule has 0 saturated carbocycles. The van der Waals surface area contributed by atoms with Crippen LogP contribution in [-0.4, -0.2) is 75.3 Å². The van der Waals surface area contributed by atoms with Crippen LogP contribution >= 0.6 is 0 Å². The number of hydrogen-bond acceptors (Lipinski definition) is 6. The first-order chi connectivity index (χ1) is 12.9. The molecule has 0 aromatic heterocycles. The summed E-state index contributed by atoms with van der Waals surface area (Å²) in [4.78, 5) is 4.59. The summed E-state index contributed by atoms with van der Waals surface area (Å²) in [5.41, 5.74) is 1.53. The van der Waals surface area contributed by atoms with Gasteiger partial charge in [-0.1, -0.05) is 6.92 Å². The molecule has 0 amide bonds. The molecule has 2 unspecified atom stereocenters. The van der Waals surface area contributed by atoms with Crippen LogP contribution in [0, 0.1) is 0 Å². The molecule has 2 N–H and O–H groups in total. The van der Waals surface area contributed by atoms with Crippen LogP contribution in [0.2, 0.25) is 0 Å². The molecule has 8 heteroatoms. The van der Waals surface area contributed by atoms with Gasteiger partial charge in [0.25, 0.3) is 10.1 Å². The molecule has 1 aromatic carbocycles. The first-order valence-corrected chi connectivity index (χ1v) is 11.2. The topological polar surface area (TPSA) is 82.1 Å². The summed E-state index contributed by atoms with van der Waals surface area (Å²) >= 11 is 0. The molecule has 2 atom stereocenters. The lowest BCUT2D eigenvalue weighted by atomic mass is 10.0. The van der Waals surface area contributed by atoms with E-state index in [1.54, 1.807) is 6.07 Å². The van der Waals surface area contributed by atoms with Crippen LogP contribution in [0.5, 0.6) is 0 Å². The minimum atomic E-state index is -4.27. The summed E-state index contributed by atoms with van der Waals surface area (Å²) in [7, 11) is -2.18. The lowest BCUT2D eigenvalue weighted by Gasteiger charge is -2.38. The number of ether oxygens (including phenoxy) is 1. The smallest absolute Gasteiger partial charge is 0.294 e. The van der Waals surface area contributed by atoms with Gasteiger partial charge in [-0.25, -0.2) is 0 Å². The van der Waals surface area contributed by atoms with Crippen LogP contribution in [0.3, 0.4) is 0 Å². The van der Waals surface area contributed by atoms with Crippen LogP contribution in [0.15, 0.2) is 23.1 Å². The highest BCUT2D eigenvalue weighted by atomic mass is 32.2. The Hall–Kier alpha value is -1.19. The maximum atomic E-state index is 12.0. The summed E-state index contributed by atoms with van der Waals surface area (Å²) in [6.07, 6.45) is 3.11. The number of hydrogen-bond donors (Lipinski definition) is 2. The molecule has 7 nitrogen and oxygen atoms in total. The predicted octanol–water partition coefficient (Wildman–Crippen LogP) is 2.22. The van der Waals surface area contributed by atoms with Crippen molar-refractivity contribution in [3.63, 3.8) is 0 Å². The lowest BCUT2D eigenvalue weighted by molar-refractivity contribution is 0.108. The fourth-order valence-electron chi connectivity index (χ4n) is 4.00. The standard InChI is InChI=1S/C19H31N3O4S/c1-3-18(22-10-8-21(2)9-11-22)17-13-15(6-7-19(17)27(23,24)25)20-14-16-5-4-12-26-16/h6-7,13,16,18,20H,3-5,8-12,14H2,1-2H3,(H,23,24,25). The second-order valence-electron chi connectivity index (χ2n) is 7.51. The van der Waals surface area contributed by atoms with Gasteiger partial charge in [-0.2, -0.15) is 8.42 Å². The zero-order valence-corrected chi connectivity index (χ0v) is 17.0. The molecule has 0 spiro atoms. The molecule has 1 aromatic rings. The van der Waals surface area contributed by atoms with Crippen molar-refractivity contribution in [3.8, 4) is 0 Å². The second-order valence-corrected chi connectivity index (χ2v) is 8.90. The highest BCUT2D eigenvalue weighted by Crippen LogP contribution is 2.32. The van der Waals surface area contributed by atoms with Crippen LogP contribution in [0.4, 0.5) is 5.69 Å². The van der Waals surface area contributed by atoms with Crippen molar-refractivity contribution in [1.29, 1.82) is 0 Å². The Labute approximate surface area is 162 Å². The Morgan fingerprint density at radius 2 is 2.04 bits per heavy atom. The van der Waals surface area contributed by atoms with Gasteiger partial charge in [0.1, 0.15) is 0 Å². The highest BCUT2D eigenvalue weighted by Gasteiger charge is 2.28. The van der Waals surface area contributed by atoms with Crippen LogP contribution in [-0.2, 0) is 14.9 Å². The monoisotopic (exact) mass is 397 g/mol. The average molecular weight is 398 g/mol. The van der Waals surface area contributed by atoms with Crippen molar-refractivity contribution < 1.29 is 17.7 Å². The zero-order chi connectivity index (χ0) is 19.4. The number of piperazine rings is 1. The minimum Gasteiger partial charge on any atom is -0.382 e. The molecule has 2 heterocycles. The molecule has 2 fully saturated rings. The lowest BCUT2D eigenvalue weighted by Crippen LogP contribution is -2.46. The normalized spacial score (nSPS) is 23.4. The summed E-state index contributed by atoms with van der Waals surface area (Å²) in [6.45, 7) is 7.24. The zero-order valence-electron chi connectivity index (χ0n) is 16.2. The van der Waals surface area contributed by atoms with Gasteiger partial charge in [-0.15, -0.1) is 0 Å². The van der Waals surface area contributed by atoms with E-state index < -0.39 is 10.1 Å². The highest BCUT2D eigenvalue weighted by molar-refractivity contribution is 7.85. The fourth-order valence-corrected chi connectivity index (χ4v) is 4.73. The summed E-state index contributed by atoms with van der Waals surface area (Å²) in [5, 5.41) is 3.37. The van der Waals surface area contributed by atoms with Crippen molar-refractivity contribution in [2.75, 3.05) is 51.7 Å². The molecule has 2 saturated heterocycles. The maximum absolute atomic E-state index is 12.0. The van der Waals surface area contributed by atoms with E-state index in [4.69, 9.17) is 4.74 Å². The Bertz CT molecular complexity index is 726. The fraction of sp³-hybridized carbons (Fsp3) is 0.684. The SMILES string of the molecule is CCC(c1cc(NCC2CCCO2)ccc1S(=O)(=O)O)N1CCN(C)CC1. The van der Waals surface area contributed by atoms with Gasteiger partial charge in [-0.05, 0) is 50.1 Å². The van der Waals surface area contributed by atoms with Gasteiger partial charge in [0.15, 0.2) is 0 Å². The predicted molar refractivity (Wildman–Crippen MR) is 106 cm³/mol. The Morgan fingerprint density at radius 3 is 2.63 bits per heavy atom. The van der Waals surface area contributed by atoms with E-state index in [1.807, 2.05) is 6.07 Å². The van der Waals surface area contributed by atoms with Gasteiger partial charge in [0.2, 0.25) is 0 Å². The van der Waals surface area contributed by atoms with E-state index in [9.17, 15) is 13.0 Å². The quantitative estimate of drug-likeness (QED) is 0.683. The maximum Gasteiger partial charge on any atom is 0.294 e. The van der Waals surface area contributed by atoms with Crippen molar-refractivity contribution in [1.82, 2.24) is 9.80 Å². The first-order valence-electron chi connectivity index (χ1n) is 9.78. The molecule has 0 radical (unpaired) electrons. The molecule has 0 aliphatic carbocycles. The van der Waals surface area contributed by atoms with Crippen LogP contribution < -0.4 is 5.32 Å². The molecule has 27 heavy (non-hydrogen) atoms. The Kier molecular flexibility index (Phi) is 6.75. The van der Waals surface area contributed by atoms with Crippen molar-refractivity contribution in [3.05, 3.63) is 23.8 Å². The molecule has 2 aliphatic rings. The van der Waals surface area contributed by atoms with Gasteiger partial charge < -0.3 is 15.0 Å². The minimum absolute atomic E-state index is 0.0101. The Balaban J connectivity index is 1.85. The third-order valence-electron chi connectivity index (χ3n) is 5.57. The summed E-state index contributed by atoms with van der Waals surface area (Å²) in [5.74, 6) is 0. The van der Waals surface area contributed by atoms with Crippen molar-refractivity contribution >= 4 is 15.8 Å². The number of likely N-dealkylation sites (N-methyl/N-ethyl adjacent to an activating group) is 1. The van der Waals surface area contributed by atoms with Gasteiger partial charge in [0.05, 0.1) is 11.0 Å². The molecule has 0 bridgehead atoms. The Morgan fingerprint density at radius 1 is 1.30 bits per heavy atom. The molecule has 2 aliphatic heterocycles. The van der Waals surface area contributed by atoms with Crippen molar-refractivity contribution in [2.45, 2.75) is 43.2 Å². The third-order valence-corrected chi connectivity index (χ3v) is 6.50. The van der Waals surface area contributed by atoms with E-state index in [0.717, 1.165) is 57.7 Å². The first kappa shape index (κ1) is 20.5. The number of benzene rings is 1. The largest absolute Gasteiger partial charge is 0.382 e. The molecular weight excluding hydrogens is 366 g/mol. The summed E-state index contributed by atoms with van der Waals surface area (Å²) in [6, 6.07) is 5.07. The van der Waals surface area contributed by atoms with E-state index in [2.05, 4.69) is 29.1 Å². The molecular formula is C19H31N3O4S. The number of nitrogens with one attached hydrogen (secondary N) is 1. The van der Waals surface area contributed by atoms with Crippen LogP contribution in [0.1, 0.15) is 37.8 Å².